The first kappa shape index (κ1) is 46.2. The number of carbonyl (C=O) groups is 1. The monoisotopic (exact) mass is 919 g/mol. The fourth-order valence-electron chi connectivity index (χ4n) is 9.91. The lowest BCUT2D eigenvalue weighted by Crippen LogP contribution is -2.69. The molecule has 8 heteroatoms. The van der Waals surface area contributed by atoms with Gasteiger partial charge in [-0.25, -0.2) is 4.79 Å². The van der Waals surface area contributed by atoms with Gasteiger partial charge >= 0.3 is 30.9 Å². The highest BCUT2D eigenvalue weighted by molar-refractivity contribution is 7.01. The largest absolute Gasteiger partial charge is 0.521 e. The van der Waals surface area contributed by atoms with Gasteiger partial charge in [-0.3, -0.25) is 0 Å². The summed E-state index contributed by atoms with van der Waals surface area (Å²) in [5, 5.41) is 7.02. The van der Waals surface area contributed by atoms with Crippen LogP contribution in [0, 0.1) is 0 Å². The molecule has 0 unspecified atom stereocenters. The zero-order valence-electron chi connectivity index (χ0n) is 39.7. The number of carbonyl (C=O) groups excluding carboxylic acids is 1. The zero-order valence-corrected chi connectivity index (χ0v) is 42.7. The van der Waals surface area contributed by atoms with Crippen molar-refractivity contribution in [2.45, 2.75) is 77.4 Å². The summed E-state index contributed by atoms with van der Waals surface area (Å²) >= 11 is 0. The Balaban J connectivity index is 1.38. The second kappa shape index (κ2) is 18.2. The number of benzene rings is 7. The summed E-state index contributed by atoms with van der Waals surface area (Å²) in [6.07, 6.45) is 0. The van der Waals surface area contributed by atoms with Gasteiger partial charge in [0.05, 0.1) is 5.56 Å². The average molecular weight is 920 g/mol. The molecule has 0 amide bonds. The number of nitrogens with zero attached hydrogens (tertiary/aromatic N) is 1. The van der Waals surface area contributed by atoms with Crippen LogP contribution in [-0.2, 0) is 4.43 Å². The van der Waals surface area contributed by atoms with Crippen molar-refractivity contribution in [3.63, 3.8) is 0 Å². The van der Waals surface area contributed by atoms with E-state index in [2.05, 4.69) is 196 Å². The van der Waals surface area contributed by atoms with Crippen molar-refractivity contribution in [2.24, 2.45) is 0 Å². The third kappa shape index (κ3) is 8.38. The minimum atomic E-state index is -3.24. The molecule has 0 radical (unpaired) electrons. The van der Waals surface area contributed by atoms with Crippen molar-refractivity contribution < 1.29 is 18.1 Å². The molecule has 0 fully saturated rings. The molecule has 1 aromatic heterocycles. The predicted molar refractivity (Wildman–Crippen MR) is 281 cm³/mol. The van der Waals surface area contributed by atoms with E-state index in [9.17, 15) is 0 Å². The minimum Gasteiger partial charge on any atom is -0.521 e. The molecule has 334 valence electrons. The van der Waals surface area contributed by atoms with Gasteiger partial charge in [0.2, 0.25) is 11.8 Å². The molecule has 0 aliphatic heterocycles. The van der Waals surface area contributed by atoms with E-state index in [-0.39, 0.29) is 16.0 Å². The molecular formula is C58H61NO4Si3. The molecule has 0 saturated carbocycles. The molecule has 0 N–H and O–H groups in total. The number of pyridine rings is 1. The van der Waals surface area contributed by atoms with Crippen molar-refractivity contribution in [1.29, 1.82) is 0 Å². The Morgan fingerprint density at radius 2 is 0.712 bits per heavy atom. The molecule has 0 saturated heterocycles. The summed E-state index contributed by atoms with van der Waals surface area (Å²) in [6.45, 7) is 20.1. The normalized spacial score (nSPS) is 12.7. The van der Waals surface area contributed by atoms with E-state index in [4.69, 9.17) is 18.3 Å². The highest BCUT2D eigenvalue weighted by Gasteiger charge is 2.55. The molecule has 8 aromatic rings. The SMILES string of the molecule is CC(C)(C)[Si](OC(=O)c1ccc2c(O[Si](c3ccccc3)(c3ccccc3)C(C)(C)C)nc(O[Si](c3ccccc3)(c3ccccc3)C(C)(C)C)cc2c1)(c1ccccc1)c1ccccc1. The first-order chi connectivity index (χ1) is 31.5. The van der Waals surface area contributed by atoms with Crippen LogP contribution < -0.4 is 40.0 Å². The molecule has 0 spiro atoms. The zero-order chi connectivity index (χ0) is 46.8. The van der Waals surface area contributed by atoms with Crippen molar-refractivity contribution in [3.05, 3.63) is 212 Å². The Labute approximate surface area is 394 Å². The molecule has 66 heavy (non-hydrogen) atoms. The molecule has 5 nitrogen and oxygen atoms in total. The summed E-state index contributed by atoms with van der Waals surface area (Å²) in [4.78, 5) is 20.5. The van der Waals surface area contributed by atoms with E-state index in [1.54, 1.807) is 0 Å². The van der Waals surface area contributed by atoms with Crippen LogP contribution in [0.3, 0.4) is 0 Å². The second-order valence-corrected chi connectivity index (χ2v) is 32.9. The van der Waals surface area contributed by atoms with E-state index in [0.29, 0.717) is 17.3 Å². The number of fused-ring (bicyclic) bond motifs is 1. The average Bonchev–Trinajstić information content (AvgIpc) is 3.32. The van der Waals surface area contributed by atoms with Gasteiger partial charge < -0.3 is 13.3 Å². The number of hydrogen-bond donors (Lipinski definition) is 0. The van der Waals surface area contributed by atoms with Gasteiger partial charge in [0, 0.05) is 11.5 Å². The van der Waals surface area contributed by atoms with Crippen molar-refractivity contribution in [2.75, 3.05) is 0 Å². The van der Waals surface area contributed by atoms with Gasteiger partial charge in [-0.05, 0) is 69.8 Å². The van der Waals surface area contributed by atoms with Crippen LogP contribution in [0.5, 0.6) is 11.8 Å². The highest BCUT2D eigenvalue weighted by Crippen LogP contribution is 2.43. The molecular weight excluding hydrogens is 859 g/mol. The first-order valence-corrected chi connectivity index (χ1v) is 28.6. The van der Waals surface area contributed by atoms with Crippen LogP contribution in [-0.4, -0.2) is 35.9 Å². The Kier molecular flexibility index (Phi) is 12.7. The Morgan fingerprint density at radius 1 is 0.394 bits per heavy atom. The number of hydrogen-bond acceptors (Lipinski definition) is 5. The predicted octanol–water partition coefficient (Wildman–Crippen LogP) is 10.8. The van der Waals surface area contributed by atoms with Gasteiger partial charge in [0.1, 0.15) is 0 Å². The lowest BCUT2D eigenvalue weighted by molar-refractivity contribution is 0.0719. The van der Waals surface area contributed by atoms with Crippen LogP contribution in [0.15, 0.2) is 206 Å². The van der Waals surface area contributed by atoms with Crippen molar-refractivity contribution in [1.82, 2.24) is 4.98 Å². The maximum Gasteiger partial charge on any atom is 0.325 e. The standard InChI is InChI=1S/C58H61NO4Si3/c1-56(2,3)64(46-28-16-10-17-29-46,47-30-18-11-19-31-47)61-53-43-45-42-44(55(60)63-66(58(7,8)9,50-36-24-14-25-37-50)51-38-26-15-27-39-51)40-41-52(45)54(59-53)62-65(57(4,5)6,48-32-20-12-21-33-48)49-34-22-13-23-35-49/h10-43H,1-9H3. The first-order valence-electron chi connectivity index (χ1n) is 22.9. The molecule has 0 atom stereocenters. The fourth-order valence-corrected chi connectivity index (χ4v) is 23.0. The molecule has 1 heterocycles. The van der Waals surface area contributed by atoms with E-state index >= 15 is 4.79 Å². The van der Waals surface area contributed by atoms with Crippen LogP contribution in [0.4, 0.5) is 0 Å². The smallest absolute Gasteiger partial charge is 0.325 e. The minimum absolute atomic E-state index is 0.340. The van der Waals surface area contributed by atoms with E-state index < -0.39 is 30.0 Å². The van der Waals surface area contributed by atoms with Gasteiger partial charge in [-0.1, -0.05) is 244 Å². The third-order valence-corrected chi connectivity index (χ3v) is 27.7. The topological polar surface area (TPSA) is 57.7 Å². The van der Waals surface area contributed by atoms with Crippen molar-refractivity contribution in [3.8, 4) is 11.8 Å². The summed E-state index contributed by atoms with van der Waals surface area (Å²) < 4.78 is 22.6. The summed E-state index contributed by atoms with van der Waals surface area (Å²) in [7, 11) is -9.63. The van der Waals surface area contributed by atoms with Crippen LogP contribution in [0.25, 0.3) is 10.8 Å². The lowest BCUT2D eigenvalue weighted by atomic mass is 10.1. The third-order valence-electron chi connectivity index (χ3n) is 13.0. The molecule has 0 bridgehead atoms. The Bertz CT molecular complexity index is 2780. The van der Waals surface area contributed by atoms with Gasteiger partial charge in [-0.15, -0.1) is 0 Å². The maximum absolute atomic E-state index is 15.1. The molecule has 0 aliphatic carbocycles. The van der Waals surface area contributed by atoms with Gasteiger partial charge in [0.15, 0.2) is 0 Å². The van der Waals surface area contributed by atoms with Gasteiger partial charge in [0.25, 0.3) is 0 Å². The summed E-state index contributed by atoms with van der Waals surface area (Å²) in [6, 6.07) is 70.7. The van der Waals surface area contributed by atoms with E-state index in [1.165, 1.54) is 0 Å². The van der Waals surface area contributed by atoms with Crippen molar-refractivity contribution >= 4 is 72.8 Å². The number of rotatable bonds is 12. The molecule has 0 aliphatic rings. The molecule has 8 rings (SSSR count). The van der Waals surface area contributed by atoms with E-state index in [1.807, 2.05) is 72.8 Å². The second-order valence-electron chi connectivity index (χ2n) is 20.3. The van der Waals surface area contributed by atoms with E-state index in [0.717, 1.165) is 41.9 Å². The highest BCUT2D eigenvalue weighted by atomic mass is 28.4. The Morgan fingerprint density at radius 3 is 1.05 bits per heavy atom. The Hall–Kier alpha value is -6.33. The summed E-state index contributed by atoms with van der Waals surface area (Å²) in [5.41, 5.74) is 0.439. The number of aromatic nitrogens is 1. The van der Waals surface area contributed by atoms with Crippen LogP contribution in [0.2, 0.25) is 15.1 Å². The lowest BCUT2D eigenvalue weighted by Gasteiger charge is -2.43. The quantitative estimate of drug-likeness (QED) is 0.114. The maximum atomic E-state index is 15.1. The molecule has 7 aromatic carbocycles. The van der Waals surface area contributed by atoms with Crippen LogP contribution >= 0.6 is 0 Å². The van der Waals surface area contributed by atoms with Crippen LogP contribution in [0.1, 0.15) is 72.7 Å². The fraction of sp³-hybridized carbons (Fsp3) is 0.207. The summed E-state index contributed by atoms with van der Waals surface area (Å²) in [5.74, 6) is 0.510. The van der Waals surface area contributed by atoms with Gasteiger partial charge in [-0.2, -0.15) is 4.98 Å².